The van der Waals surface area contributed by atoms with Crippen LogP contribution in [0.1, 0.15) is 64.5 Å². The highest BCUT2D eigenvalue weighted by Crippen LogP contribution is 2.65. The number of nitrogens with zero attached hydrogens (tertiary/aromatic N) is 1. The number of esters is 1. The molecule has 1 N–H and O–H groups in total. The largest absolute Gasteiger partial charge is 0.541 e. The Kier molecular flexibility index (Phi) is 5.52. The van der Waals surface area contributed by atoms with Gasteiger partial charge in [-0.2, -0.15) is 0 Å². The molecule has 1 spiro atoms. The Balaban J connectivity index is 1.37. The number of likely N-dealkylation sites (tertiary alicyclic amines) is 1. The second-order valence-corrected chi connectivity index (χ2v) is 18.2. The second-order valence-electron chi connectivity index (χ2n) is 13.5. The topological polar surface area (TPSA) is 85.3 Å². The standard InChI is InChI=1S/C29H41NO6Si/c1-7-34-26(32)19-14-18(19)16-30-13-12-28-23-17-8-9-21(36-37(5,6)27(2,3)4)24(23)35-25(28)20(31)10-11-29(28,33)22(30)15-17/h8-9,18-19,22,25,33H,7,10-16H2,1-6H3/t18?,19-,22-,25?,28+,29-/m1/s1. The molecule has 3 fully saturated rings. The van der Waals surface area contributed by atoms with Crippen LogP contribution in [0.3, 0.4) is 0 Å². The molecule has 0 amide bonds. The number of ether oxygens (including phenoxy) is 2. The number of hydrogen-bond donors (Lipinski definition) is 1. The minimum Gasteiger partial charge on any atom is -0.541 e. The zero-order chi connectivity index (χ0) is 26.5. The maximum atomic E-state index is 13.3. The number of rotatable bonds is 6. The van der Waals surface area contributed by atoms with Crippen molar-refractivity contribution in [3.05, 3.63) is 23.3 Å². The van der Waals surface area contributed by atoms with Crippen molar-refractivity contribution >= 4 is 20.1 Å². The fraction of sp³-hybridized carbons (Fsp3) is 0.724. The predicted molar refractivity (Wildman–Crippen MR) is 141 cm³/mol. The Morgan fingerprint density at radius 1 is 1.27 bits per heavy atom. The summed E-state index contributed by atoms with van der Waals surface area (Å²) in [5.41, 5.74) is 0.401. The molecular formula is C29H41NO6Si. The highest BCUT2D eigenvalue weighted by molar-refractivity contribution is 6.74. The van der Waals surface area contributed by atoms with Crippen LogP contribution in [0.25, 0.3) is 0 Å². The van der Waals surface area contributed by atoms with Crippen molar-refractivity contribution < 1.29 is 28.6 Å². The lowest BCUT2D eigenvalue weighted by Crippen LogP contribution is -2.76. The van der Waals surface area contributed by atoms with E-state index in [1.165, 1.54) is 0 Å². The molecule has 1 aromatic rings. The molecule has 6 atom stereocenters. The van der Waals surface area contributed by atoms with E-state index in [2.05, 4.69) is 44.8 Å². The van der Waals surface area contributed by atoms with Gasteiger partial charge < -0.3 is 19.0 Å². The lowest BCUT2D eigenvalue weighted by Gasteiger charge is -2.62. The van der Waals surface area contributed by atoms with Crippen LogP contribution in [-0.2, 0) is 26.2 Å². The molecule has 8 heteroatoms. The summed E-state index contributed by atoms with van der Waals surface area (Å²) in [5.74, 6) is 1.65. The monoisotopic (exact) mass is 527 g/mol. The van der Waals surface area contributed by atoms with Crippen molar-refractivity contribution in [2.75, 3.05) is 19.7 Å². The fourth-order valence-electron chi connectivity index (χ4n) is 7.42. The first-order chi connectivity index (χ1) is 17.3. The molecular weight excluding hydrogens is 486 g/mol. The van der Waals surface area contributed by atoms with Crippen molar-refractivity contribution in [3.63, 3.8) is 0 Å². The van der Waals surface area contributed by atoms with Gasteiger partial charge in [-0.25, -0.2) is 0 Å². The lowest BCUT2D eigenvalue weighted by molar-refractivity contribution is -0.189. The van der Waals surface area contributed by atoms with Crippen LogP contribution in [0.15, 0.2) is 12.1 Å². The van der Waals surface area contributed by atoms with E-state index in [0.29, 0.717) is 38.0 Å². The van der Waals surface area contributed by atoms with Gasteiger partial charge in [-0.15, -0.1) is 0 Å². The molecule has 2 bridgehead atoms. The molecule has 37 heavy (non-hydrogen) atoms. The average molecular weight is 528 g/mol. The van der Waals surface area contributed by atoms with E-state index in [-0.39, 0.29) is 34.7 Å². The minimum absolute atomic E-state index is 0.0243. The number of aliphatic hydroxyl groups is 1. The molecule has 2 aliphatic heterocycles. The van der Waals surface area contributed by atoms with E-state index in [1.54, 1.807) is 0 Å². The molecule has 2 heterocycles. The lowest BCUT2D eigenvalue weighted by atomic mass is 9.49. The smallest absolute Gasteiger partial charge is 0.309 e. The molecule has 1 saturated heterocycles. The summed E-state index contributed by atoms with van der Waals surface area (Å²) in [6.45, 7) is 14.9. The first kappa shape index (κ1) is 25.4. The Hall–Kier alpha value is -1.90. The Morgan fingerprint density at radius 2 is 2.03 bits per heavy atom. The maximum Gasteiger partial charge on any atom is 0.309 e. The first-order valence-electron chi connectivity index (χ1n) is 14.0. The summed E-state index contributed by atoms with van der Waals surface area (Å²) < 4.78 is 18.5. The van der Waals surface area contributed by atoms with Crippen LogP contribution in [0.5, 0.6) is 11.5 Å². The van der Waals surface area contributed by atoms with Gasteiger partial charge in [0.1, 0.15) is 5.75 Å². The van der Waals surface area contributed by atoms with E-state index in [4.69, 9.17) is 13.9 Å². The third-order valence-corrected chi connectivity index (χ3v) is 14.8. The number of piperidine rings is 1. The molecule has 7 nitrogen and oxygen atoms in total. The summed E-state index contributed by atoms with van der Waals surface area (Å²) >= 11 is 0. The van der Waals surface area contributed by atoms with Crippen LogP contribution >= 0.6 is 0 Å². The number of ketones is 1. The van der Waals surface area contributed by atoms with Gasteiger partial charge >= 0.3 is 5.97 Å². The van der Waals surface area contributed by atoms with E-state index >= 15 is 0 Å². The van der Waals surface area contributed by atoms with Crippen molar-refractivity contribution in [3.8, 4) is 11.5 Å². The van der Waals surface area contributed by atoms with Gasteiger partial charge in [0.2, 0.25) is 0 Å². The maximum absolute atomic E-state index is 13.3. The zero-order valence-electron chi connectivity index (χ0n) is 23.1. The van der Waals surface area contributed by atoms with Gasteiger partial charge in [-0.1, -0.05) is 26.8 Å². The van der Waals surface area contributed by atoms with Crippen molar-refractivity contribution in [1.82, 2.24) is 4.90 Å². The van der Waals surface area contributed by atoms with Gasteiger partial charge in [0.15, 0.2) is 17.6 Å². The normalized spacial score (nSPS) is 36.0. The van der Waals surface area contributed by atoms with Crippen molar-refractivity contribution in [2.24, 2.45) is 11.8 Å². The molecule has 1 aromatic carbocycles. The molecule has 5 aliphatic rings. The summed E-state index contributed by atoms with van der Waals surface area (Å²) in [6.07, 6.45) is 2.33. The van der Waals surface area contributed by atoms with Gasteiger partial charge in [0.25, 0.3) is 8.32 Å². The summed E-state index contributed by atoms with van der Waals surface area (Å²) in [7, 11) is -2.14. The van der Waals surface area contributed by atoms with Gasteiger partial charge in [-0.3, -0.25) is 14.5 Å². The van der Waals surface area contributed by atoms with E-state index in [1.807, 2.05) is 13.0 Å². The number of Topliss-reactive ketones (excluding diaryl/α,β-unsaturated/α-hetero) is 1. The first-order valence-corrected chi connectivity index (χ1v) is 16.9. The van der Waals surface area contributed by atoms with E-state index < -0.39 is 25.4 Å². The summed E-state index contributed by atoms with van der Waals surface area (Å²) in [6, 6.07) is 4.06. The predicted octanol–water partition coefficient (Wildman–Crippen LogP) is 3.99. The number of carbonyl (C=O) groups excluding carboxylic acids is 2. The van der Waals surface area contributed by atoms with Crippen LogP contribution in [-0.4, -0.2) is 67.5 Å². The Bertz CT molecular complexity index is 1160. The van der Waals surface area contributed by atoms with E-state index in [9.17, 15) is 14.7 Å². The van der Waals surface area contributed by atoms with Gasteiger partial charge in [0.05, 0.1) is 23.5 Å². The van der Waals surface area contributed by atoms with Gasteiger partial charge in [0, 0.05) is 24.6 Å². The van der Waals surface area contributed by atoms with Crippen LogP contribution in [0.2, 0.25) is 18.1 Å². The number of carbonyl (C=O) groups is 2. The zero-order valence-corrected chi connectivity index (χ0v) is 24.1. The number of hydrogen-bond acceptors (Lipinski definition) is 7. The molecule has 2 unspecified atom stereocenters. The molecule has 0 aromatic heterocycles. The van der Waals surface area contributed by atoms with Gasteiger partial charge in [-0.05, 0) is 74.8 Å². The van der Waals surface area contributed by atoms with Crippen molar-refractivity contribution in [2.45, 2.75) is 101 Å². The molecule has 202 valence electrons. The quantitative estimate of drug-likeness (QED) is 0.442. The Morgan fingerprint density at radius 3 is 2.73 bits per heavy atom. The molecule has 3 aliphatic carbocycles. The average Bonchev–Trinajstić information content (AvgIpc) is 3.48. The second kappa shape index (κ2) is 8.05. The number of benzene rings is 1. The fourth-order valence-corrected chi connectivity index (χ4v) is 8.43. The third-order valence-electron chi connectivity index (χ3n) is 10.5. The van der Waals surface area contributed by atoms with Crippen LogP contribution < -0.4 is 9.16 Å². The highest BCUT2D eigenvalue weighted by Gasteiger charge is 2.73. The van der Waals surface area contributed by atoms with Crippen LogP contribution in [0.4, 0.5) is 0 Å². The molecule has 2 saturated carbocycles. The summed E-state index contributed by atoms with van der Waals surface area (Å²) in [4.78, 5) is 28.0. The highest BCUT2D eigenvalue weighted by atomic mass is 28.4. The summed E-state index contributed by atoms with van der Waals surface area (Å²) in [5, 5.41) is 12.6. The van der Waals surface area contributed by atoms with E-state index in [0.717, 1.165) is 36.4 Å². The molecule has 6 rings (SSSR count). The van der Waals surface area contributed by atoms with Crippen molar-refractivity contribution in [1.29, 1.82) is 0 Å². The molecule has 0 radical (unpaired) electrons. The Labute approximate surface area is 221 Å². The van der Waals surface area contributed by atoms with Crippen LogP contribution in [0, 0.1) is 11.8 Å². The SMILES string of the molecule is CCOC(=O)[C@@H]1CC1CN1CC[C@]23c4c5ccc(O[Si](C)(C)C(C)(C)C)c4OC2C(=O)CC[C@@]3(O)[C@H]1C5. The third kappa shape index (κ3) is 3.44. The minimum atomic E-state index is -2.14.